The lowest BCUT2D eigenvalue weighted by atomic mass is 10.0. The molecule has 17 heavy (non-hydrogen) atoms. The van der Waals surface area contributed by atoms with Gasteiger partial charge in [0.15, 0.2) is 0 Å². The van der Waals surface area contributed by atoms with E-state index in [1.54, 1.807) is 0 Å². The van der Waals surface area contributed by atoms with Crippen molar-refractivity contribution in [3.8, 4) is 0 Å². The fourth-order valence-electron chi connectivity index (χ4n) is 1.10. The van der Waals surface area contributed by atoms with E-state index in [9.17, 15) is 24.9 Å². The molecule has 0 radical (unpaired) electrons. The molecule has 0 bridgehead atoms. The van der Waals surface area contributed by atoms with Gasteiger partial charge in [-0.15, -0.1) is 0 Å². The molecular formula is C8H14N4O5. The molecule has 0 aliphatic carbocycles. The van der Waals surface area contributed by atoms with Gasteiger partial charge in [0, 0.05) is 11.8 Å². The van der Waals surface area contributed by atoms with Gasteiger partial charge in [-0.05, 0) is 5.53 Å². The number of hydrogen-bond donors (Lipinski definition) is 4. The molecule has 0 aromatic rings. The van der Waals surface area contributed by atoms with E-state index in [-0.39, 0.29) is 6.29 Å². The quantitative estimate of drug-likeness (QED) is 0.178. The molecule has 0 aliphatic rings. The summed E-state index contributed by atoms with van der Waals surface area (Å²) in [6, 6.07) is -1.34. The second-order valence-corrected chi connectivity index (χ2v) is 3.32. The van der Waals surface area contributed by atoms with Crippen molar-refractivity contribution >= 4 is 12.2 Å². The molecular weight excluding hydrogens is 232 g/mol. The third kappa shape index (κ3) is 5.27. The fourth-order valence-corrected chi connectivity index (χ4v) is 1.10. The van der Waals surface area contributed by atoms with Crippen LogP contribution >= 0.6 is 0 Å². The van der Waals surface area contributed by atoms with E-state index >= 15 is 0 Å². The highest BCUT2D eigenvalue weighted by atomic mass is 16.4. The van der Waals surface area contributed by atoms with Gasteiger partial charge in [0.1, 0.15) is 24.5 Å². The first kappa shape index (κ1) is 15.3. The SMILES string of the molecule is CC(=O)NC(C=O)C(O)C(O)C(O)CN=[N+]=[N-]. The van der Waals surface area contributed by atoms with Crippen molar-refractivity contribution in [3.05, 3.63) is 10.4 Å². The van der Waals surface area contributed by atoms with E-state index in [4.69, 9.17) is 5.53 Å². The molecule has 9 heteroatoms. The van der Waals surface area contributed by atoms with Gasteiger partial charge < -0.3 is 25.4 Å². The van der Waals surface area contributed by atoms with Crippen LogP contribution in [0.25, 0.3) is 10.4 Å². The second kappa shape index (κ2) is 7.58. The number of aliphatic hydroxyl groups excluding tert-OH is 3. The summed E-state index contributed by atoms with van der Waals surface area (Å²) in [5, 5.41) is 33.3. The molecule has 0 spiro atoms. The number of amides is 1. The van der Waals surface area contributed by atoms with Gasteiger partial charge in [-0.2, -0.15) is 0 Å². The Hall–Kier alpha value is -1.67. The minimum atomic E-state index is -1.72. The Bertz CT molecular complexity index is 317. The van der Waals surface area contributed by atoms with Gasteiger partial charge in [0.25, 0.3) is 0 Å². The molecule has 0 fully saturated rings. The molecule has 4 unspecified atom stereocenters. The molecule has 0 saturated carbocycles. The summed E-state index contributed by atoms with van der Waals surface area (Å²) in [5.41, 5.74) is 8.00. The van der Waals surface area contributed by atoms with Gasteiger partial charge in [-0.3, -0.25) is 4.79 Å². The van der Waals surface area contributed by atoms with Crippen LogP contribution in [0.4, 0.5) is 0 Å². The number of rotatable bonds is 7. The van der Waals surface area contributed by atoms with Crippen LogP contribution in [0.5, 0.6) is 0 Å². The smallest absolute Gasteiger partial charge is 0.217 e. The van der Waals surface area contributed by atoms with Crippen molar-refractivity contribution in [1.82, 2.24) is 5.32 Å². The van der Waals surface area contributed by atoms with E-state index in [2.05, 4.69) is 15.3 Å². The molecule has 9 nitrogen and oxygen atoms in total. The van der Waals surface area contributed by atoms with E-state index in [1.165, 1.54) is 0 Å². The number of carbonyl (C=O) groups is 2. The topological polar surface area (TPSA) is 156 Å². The van der Waals surface area contributed by atoms with Crippen molar-refractivity contribution < 1.29 is 24.9 Å². The van der Waals surface area contributed by atoms with Crippen LogP contribution in [0, 0.1) is 0 Å². The lowest BCUT2D eigenvalue weighted by Crippen LogP contribution is -2.52. The van der Waals surface area contributed by atoms with Crippen LogP contribution in [0.1, 0.15) is 6.92 Å². The Labute approximate surface area is 96.7 Å². The number of nitrogens with zero attached hydrogens (tertiary/aromatic N) is 3. The van der Waals surface area contributed by atoms with Crippen LogP contribution in [0.3, 0.4) is 0 Å². The van der Waals surface area contributed by atoms with E-state index in [1.807, 2.05) is 0 Å². The number of azide groups is 1. The van der Waals surface area contributed by atoms with Crippen LogP contribution < -0.4 is 5.32 Å². The highest BCUT2D eigenvalue weighted by molar-refractivity contribution is 5.77. The van der Waals surface area contributed by atoms with Crippen molar-refractivity contribution in [2.24, 2.45) is 5.11 Å². The summed E-state index contributed by atoms with van der Waals surface area (Å²) in [5.74, 6) is -0.571. The number of carbonyl (C=O) groups excluding carboxylic acids is 2. The molecule has 0 aromatic carbocycles. The monoisotopic (exact) mass is 246 g/mol. The number of aldehydes is 1. The molecule has 4 N–H and O–H groups in total. The lowest BCUT2D eigenvalue weighted by molar-refractivity contribution is -0.128. The molecule has 0 aliphatic heterocycles. The molecule has 0 rings (SSSR count). The van der Waals surface area contributed by atoms with Crippen LogP contribution in [-0.2, 0) is 9.59 Å². The summed E-state index contributed by atoms with van der Waals surface area (Å²) in [4.78, 5) is 23.6. The first-order valence-electron chi connectivity index (χ1n) is 4.71. The van der Waals surface area contributed by atoms with Crippen molar-refractivity contribution in [2.75, 3.05) is 6.54 Å². The first-order chi connectivity index (χ1) is 7.93. The van der Waals surface area contributed by atoms with Gasteiger partial charge >= 0.3 is 0 Å². The number of hydrogen-bond acceptors (Lipinski definition) is 6. The lowest BCUT2D eigenvalue weighted by Gasteiger charge is -2.26. The van der Waals surface area contributed by atoms with Crippen LogP contribution in [0.15, 0.2) is 5.11 Å². The maximum atomic E-state index is 10.7. The zero-order valence-electron chi connectivity index (χ0n) is 9.09. The fraction of sp³-hybridized carbons (Fsp3) is 0.750. The Morgan fingerprint density at radius 3 is 2.47 bits per heavy atom. The molecule has 0 aromatic heterocycles. The van der Waals surface area contributed by atoms with Gasteiger partial charge in [0.2, 0.25) is 5.91 Å². The first-order valence-corrected chi connectivity index (χ1v) is 4.71. The van der Waals surface area contributed by atoms with Crippen molar-refractivity contribution in [1.29, 1.82) is 0 Å². The molecule has 1 amide bonds. The summed E-state index contributed by atoms with van der Waals surface area (Å²) < 4.78 is 0. The standard InChI is InChI=1S/C8H14N4O5/c1-4(14)11-5(3-13)7(16)8(17)6(15)2-10-12-9/h3,5-8,15-17H,2H2,1H3,(H,11,14). The number of aliphatic hydroxyl groups is 3. The van der Waals surface area contributed by atoms with Crippen molar-refractivity contribution in [3.63, 3.8) is 0 Å². The summed E-state index contributed by atoms with van der Waals surface area (Å²) in [6.45, 7) is 0.673. The van der Waals surface area contributed by atoms with E-state index in [0.29, 0.717) is 0 Å². The van der Waals surface area contributed by atoms with Gasteiger partial charge in [0.05, 0.1) is 12.6 Å². The molecule has 96 valence electrons. The average molecular weight is 246 g/mol. The summed E-state index contributed by atoms with van der Waals surface area (Å²) >= 11 is 0. The Morgan fingerprint density at radius 1 is 1.47 bits per heavy atom. The molecule has 4 atom stereocenters. The van der Waals surface area contributed by atoms with Crippen LogP contribution in [0.2, 0.25) is 0 Å². The predicted octanol–water partition coefficient (Wildman–Crippen LogP) is -1.92. The van der Waals surface area contributed by atoms with Crippen LogP contribution in [-0.4, -0.2) is 58.4 Å². The molecule has 0 heterocycles. The minimum Gasteiger partial charge on any atom is -0.390 e. The average Bonchev–Trinajstić information content (AvgIpc) is 2.30. The zero-order chi connectivity index (χ0) is 13.4. The Balaban J connectivity index is 4.52. The highest BCUT2D eigenvalue weighted by Crippen LogP contribution is 2.05. The largest absolute Gasteiger partial charge is 0.390 e. The zero-order valence-corrected chi connectivity index (χ0v) is 9.09. The summed E-state index contributed by atoms with van der Waals surface area (Å²) in [7, 11) is 0. The number of nitrogens with one attached hydrogen (secondary N) is 1. The highest BCUT2D eigenvalue weighted by Gasteiger charge is 2.31. The maximum Gasteiger partial charge on any atom is 0.217 e. The molecule has 0 saturated heterocycles. The normalized spacial score (nSPS) is 17.2. The second-order valence-electron chi connectivity index (χ2n) is 3.32. The Kier molecular flexibility index (Phi) is 6.83. The van der Waals surface area contributed by atoms with Gasteiger partial charge in [-0.25, -0.2) is 0 Å². The van der Waals surface area contributed by atoms with Crippen molar-refractivity contribution in [2.45, 2.75) is 31.3 Å². The van der Waals surface area contributed by atoms with Gasteiger partial charge in [-0.1, -0.05) is 5.11 Å². The third-order valence-corrected chi connectivity index (χ3v) is 1.96. The summed E-state index contributed by atoms with van der Waals surface area (Å²) in [6.07, 6.45) is -4.71. The Morgan fingerprint density at radius 2 is 2.06 bits per heavy atom. The van der Waals surface area contributed by atoms with E-state index < -0.39 is 36.8 Å². The third-order valence-electron chi connectivity index (χ3n) is 1.96. The minimum absolute atomic E-state index is 0.232. The maximum absolute atomic E-state index is 10.7. The van der Waals surface area contributed by atoms with E-state index in [0.717, 1.165) is 6.92 Å². The predicted molar refractivity (Wildman–Crippen MR) is 55.7 cm³/mol.